The summed E-state index contributed by atoms with van der Waals surface area (Å²) in [5.74, 6) is -0.677. The van der Waals surface area contributed by atoms with E-state index in [4.69, 9.17) is 4.74 Å². The molecule has 2 rings (SSSR count). The summed E-state index contributed by atoms with van der Waals surface area (Å²) in [4.78, 5) is 17.2. The maximum absolute atomic E-state index is 11.9. The number of aromatic nitrogens is 1. The van der Waals surface area contributed by atoms with Crippen LogP contribution in [0.15, 0.2) is 36.9 Å². The van der Waals surface area contributed by atoms with Crippen molar-refractivity contribution in [1.29, 1.82) is 0 Å². The Kier molecular flexibility index (Phi) is 5.74. The second kappa shape index (κ2) is 7.59. The summed E-state index contributed by atoms with van der Waals surface area (Å²) in [7, 11) is -1.89. The molecule has 1 aromatic heterocycles. The van der Waals surface area contributed by atoms with Crippen molar-refractivity contribution >= 4 is 32.2 Å². The monoisotopic (exact) mass is 366 g/mol. The molecule has 128 valence electrons. The van der Waals surface area contributed by atoms with E-state index in [9.17, 15) is 13.2 Å². The van der Waals surface area contributed by atoms with Crippen molar-refractivity contribution in [1.82, 2.24) is 4.98 Å². The number of nitrogens with one attached hydrogen (secondary N) is 1. The zero-order chi connectivity index (χ0) is 17.7. The summed E-state index contributed by atoms with van der Waals surface area (Å²) in [6.07, 6.45) is 1.26. The Bertz CT molecular complexity index is 839. The van der Waals surface area contributed by atoms with E-state index >= 15 is 0 Å². The van der Waals surface area contributed by atoms with Crippen LogP contribution in [0.5, 0.6) is 5.75 Å². The summed E-state index contributed by atoms with van der Waals surface area (Å²) in [6, 6.07) is 7.41. The lowest BCUT2D eigenvalue weighted by Crippen LogP contribution is -2.24. The van der Waals surface area contributed by atoms with Gasteiger partial charge in [-0.25, -0.2) is 13.4 Å². The Hall–Kier alpha value is -2.19. The van der Waals surface area contributed by atoms with E-state index in [-0.39, 0.29) is 5.75 Å². The first-order chi connectivity index (χ1) is 11.3. The first-order valence-corrected chi connectivity index (χ1v) is 9.71. The zero-order valence-electron chi connectivity index (χ0n) is 13.4. The molecule has 0 unspecified atom stereocenters. The van der Waals surface area contributed by atoms with Gasteiger partial charge in [0.25, 0.3) is 0 Å². The van der Waals surface area contributed by atoms with E-state index in [0.717, 1.165) is 21.9 Å². The summed E-state index contributed by atoms with van der Waals surface area (Å²) >= 11 is 1.30. The predicted octanol–water partition coefficient (Wildman–Crippen LogP) is 2.67. The number of carbonyl (C=O) groups excluding carboxylic acids is 1. The van der Waals surface area contributed by atoms with Crippen LogP contribution < -0.4 is 10.1 Å². The van der Waals surface area contributed by atoms with E-state index in [1.165, 1.54) is 17.4 Å². The lowest BCUT2D eigenvalue weighted by Gasteiger charge is -2.02. The first kappa shape index (κ1) is 18.2. The van der Waals surface area contributed by atoms with E-state index in [2.05, 4.69) is 16.9 Å². The van der Waals surface area contributed by atoms with Gasteiger partial charge in [0.2, 0.25) is 5.91 Å². The number of hydrogen-bond donors (Lipinski definition) is 1. The van der Waals surface area contributed by atoms with Gasteiger partial charge in [-0.2, -0.15) is 0 Å². The fourth-order valence-corrected chi connectivity index (χ4v) is 3.86. The number of thiazole rings is 1. The molecule has 24 heavy (non-hydrogen) atoms. The van der Waals surface area contributed by atoms with Crippen LogP contribution in [0.25, 0.3) is 11.3 Å². The van der Waals surface area contributed by atoms with Gasteiger partial charge in [-0.15, -0.1) is 17.9 Å². The van der Waals surface area contributed by atoms with Gasteiger partial charge in [0.05, 0.1) is 18.6 Å². The van der Waals surface area contributed by atoms with Crippen LogP contribution in [0, 0.1) is 6.92 Å². The van der Waals surface area contributed by atoms with E-state index in [1.54, 1.807) is 7.11 Å². The second-order valence-electron chi connectivity index (χ2n) is 5.04. The number of methoxy groups -OCH3 is 1. The van der Waals surface area contributed by atoms with Crippen molar-refractivity contribution in [3.8, 4) is 17.0 Å². The second-order valence-corrected chi connectivity index (χ2v) is 8.36. The molecule has 2 aromatic rings. The third kappa shape index (κ3) is 4.65. The molecule has 6 nitrogen and oxygen atoms in total. The zero-order valence-corrected chi connectivity index (χ0v) is 15.0. The van der Waals surface area contributed by atoms with Crippen LogP contribution in [0.4, 0.5) is 5.13 Å². The number of benzene rings is 1. The van der Waals surface area contributed by atoms with Crippen LogP contribution in [-0.2, 0) is 14.6 Å². The summed E-state index contributed by atoms with van der Waals surface area (Å²) in [5.41, 5.74) is 1.64. The maximum Gasteiger partial charge on any atom is 0.241 e. The molecule has 0 spiro atoms. The Morgan fingerprint density at radius 3 is 2.62 bits per heavy atom. The topological polar surface area (TPSA) is 85.4 Å². The standard InChI is InChI=1S/C16H18N2O4S2/c1-4-9-24(20,21)10-14(19)17-16-18-15(11(2)23-16)12-5-7-13(22-3)8-6-12/h4-8H,1,9-10H2,2-3H3,(H,17,18,19). The van der Waals surface area contributed by atoms with Gasteiger partial charge in [0.1, 0.15) is 11.5 Å². The third-order valence-electron chi connectivity index (χ3n) is 3.13. The largest absolute Gasteiger partial charge is 0.497 e. The molecule has 1 N–H and O–H groups in total. The molecule has 1 heterocycles. The number of amides is 1. The SMILES string of the molecule is C=CCS(=O)(=O)CC(=O)Nc1nc(-c2ccc(OC)cc2)c(C)s1. The number of anilines is 1. The van der Waals surface area contributed by atoms with E-state index < -0.39 is 21.5 Å². The van der Waals surface area contributed by atoms with Crippen LogP contribution >= 0.6 is 11.3 Å². The summed E-state index contributed by atoms with van der Waals surface area (Å²) in [5, 5.41) is 2.91. The van der Waals surface area contributed by atoms with Crippen molar-refractivity contribution in [2.45, 2.75) is 6.92 Å². The van der Waals surface area contributed by atoms with Gasteiger partial charge < -0.3 is 10.1 Å². The van der Waals surface area contributed by atoms with Gasteiger partial charge in [-0.3, -0.25) is 4.79 Å². The molecule has 0 radical (unpaired) electrons. The molecule has 0 aliphatic carbocycles. The molecule has 1 amide bonds. The number of rotatable bonds is 7. The lowest BCUT2D eigenvalue weighted by molar-refractivity contribution is -0.113. The Morgan fingerprint density at radius 2 is 2.04 bits per heavy atom. The highest BCUT2D eigenvalue weighted by atomic mass is 32.2. The number of sulfone groups is 1. The number of hydrogen-bond acceptors (Lipinski definition) is 6. The summed E-state index contributed by atoms with van der Waals surface area (Å²) in [6.45, 7) is 5.26. The summed E-state index contributed by atoms with van der Waals surface area (Å²) < 4.78 is 28.4. The van der Waals surface area contributed by atoms with Gasteiger partial charge in [0, 0.05) is 10.4 Å². The van der Waals surface area contributed by atoms with Crippen LogP contribution in [-0.4, -0.2) is 37.9 Å². The lowest BCUT2D eigenvalue weighted by atomic mass is 10.1. The minimum Gasteiger partial charge on any atom is -0.497 e. The van der Waals surface area contributed by atoms with Crippen LogP contribution in [0.1, 0.15) is 4.88 Å². The van der Waals surface area contributed by atoms with Crippen molar-refractivity contribution in [3.05, 3.63) is 41.8 Å². The van der Waals surface area contributed by atoms with Gasteiger partial charge in [0.15, 0.2) is 15.0 Å². The smallest absolute Gasteiger partial charge is 0.241 e. The quantitative estimate of drug-likeness (QED) is 0.762. The number of ether oxygens (including phenoxy) is 1. The minimum atomic E-state index is -3.48. The van der Waals surface area contributed by atoms with E-state index in [1.807, 2.05) is 31.2 Å². The molecule has 0 saturated heterocycles. The van der Waals surface area contributed by atoms with Gasteiger partial charge in [-0.1, -0.05) is 6.08 Å². The van der Waals surface area contributed by atoms with Crippen LogP contribution in [0.3, 0.4) is 0 Å². The van der Waals surface area contributed by atoms with Crippen molar-refractivity contribution in [2.75, 3.05) is 23.9 Å². The fourth-order valence-electron chi connectivity index (χ4n) is 2.06. The fraction of sp³-hybridized carbons (Fsp3) is 0.250. The Labute approximate surface area is 145 Å². The molecule has 0 aliphatic heterocycles. The highest BCUT2D eigenvalue weighted by Crippen LogP contribution is 2.31. The van der Waals surface area contributed by atoms with Crippen molar-refractivity contribution in [3.63, 3.8) is 0 Å². The molecule has 8 heteroatoms. The number of carbonyl (C=O) groups is 1. The number of aryl methyl sites for hydroxylation is 1. The van der Waals surface area contributed by atoms with Gasteiger partial charge >= 0.3 is 0 Å². The molecule has 0 bridgehead atoms. The normalized spacial score (nSPS) is 11.1. The third-order valence-corrected chi connectivity index (χ3v) is 5.46. The minimum absolute atomic E-state index is 0.228. The predicted molar refractivity (Wildman–Crippen MR) is 96.3 cm³/mol. The average Bonchev–Trinajstić information content (AvgIpc) is 2.86. The van der Waals surface area contributed by atoms with Crippen molar-refractivity contribution < 1.29 is 17.9 Å². The van der Waals surface area contributed by atoms with Gasteiger partial charge in [-0.05, 0) is 31.2 Å². The Morgan fingerprint density at radius 1 is 1.38 bits per heavy atom. The highest BCUT2D eigenvalue weighted by molar-refractivity contribution is 7.92. The average molecular weight is 366 g/mol. The van der Waals surface area contributed by atoms with E-state index in [0.29, 0.717) is 5.13 Å². The maximum atomic E-state index is 11.9. The molecule has 0 aliphatic rings. The van der Waals surface area contributed by atoms with Crippen LogP contribution in [0.2, 0.25) is 0 Å². The Balaban J connectivity index is 2.13. The van der Waals surface area contributed by atoms with Crippen molar-refractivity contribution in [2.24, 2.45) is 0 Å². The first-order valence-electron chi connectivity index (χ1n) is 7.07. The molecule has 0 fully saturated rings. The molecular formula is C16H18N2O4S2. The molecule has 0 atom stereocenters. The number of nitrogens with zero attached hydrogens (tertiary/aromatic N) is 1. The molecule has 1 aromatic carbocycles. The molecule has 0 saturated carbocycles. The highest BCUT2D eigenvalue weighted by Gasteiger charge is 2.17. The molecular weight excluding hydrogens is 348 g/mol.